The van der Waals surface area contributed by atoms with Gasteiger partial charge in [-0.15, -0.1) is 0 Å². The number of ether oxygens (including phenoxy) is 7. The Kier molecular flexibility index (Phi) is 16.0. The second-order valence-electron chi connectivity index (χ2n) is 19.2. The molecule has 18 unspecified atom stereocenters. The van der Waals surface area contributed by atoms with E-state index < -0.39 is 95.8 Å². The molecule has 1 aliphatic carbocycles. The molecule has 3 saturated heterocycles. The van der Waals surface area contributed by atoms with E-state index in [0.717, 1.165) is 12.8 Å². The van der Waals surface area contributed by atoms with Crippen molar-refractivity contribution in [1.29, 1.82) is 0 Å². The average molecular weight is 815 g/mol. The first kappa shape index (κ1) is 48.1. The fourth-order valence-electron chi connectivity index (χ4n) is 10.9. The van der Waals surface area contributed by atoms with Crippen LogP contribution in [-0.4, -0.2) is 145 Å². The molecule has 1 amide bonds. The number of aliphatic hydroxyl groups is 3. The van der Waals surface area contributed by atoms with E-state index in [4.69, 9.17) is 33.2 Å². The molecule has 14 heteroatoms. The summed E-state index contributed by atoms with van der Waals surface area (Å²) in [6.45, 7) is 21.0. The van der Waals surface area contributed by atoms with Gasteiger partial charge in [-0.1, -0.05) is 34.6 Å². The Labute approximate surface area is 342 Å². The summed E-state index contributed by atoms with van der Waals surface area (Å²) in [5.74, 6) is -2.05. The van der Waals surface area contributed by atoms with Crippen LogP contribution in [-0.2, 0) is 38.0 Å². The van der Waals surface area contributed by atoms with Crippen molar-refractivity contribution in [3.63, 3.8) is 0 Å². The minimum atomic E-state index is -1.52. The van der Waals surface area contributed by atoms with Crippen molar-refractivity contribution in [3.05, 3.63) is 0 Å². The van der Waals surface area contributed by atoms with Gasteiger partial charge in [0.05, 0.1) is 54.2 Å². The number of cyclic esters (lactones) is 1. The van der Waals surface area contributed by atoms with Gasteiger partial charge in [0.1, 0.15) is 17.3 Å². The number of nitrogens with one attached hydrogen (secondary N) is 1. The van der Waals surface area contributed by atoms with E-state index in [1.54, 1.807) is 27.7 Å². The Morgan fingerprint density at radius 1 is 0.930 bits per heavy atom. The van der Waals surface area contributed by atoms with E-state index in [1.165, 1.54) is 14.2 Å². The van der Waals surface area contributed by atoms with Crippen LogP contribution in [0.2, 0.25) is 0 Å². The number of esters is 1. The molecule has 0 aromatic heterocycles. The molecule has 4 aliphatic rings. The van der Waals surface area contributed by atoms with E-state index >= 15 is 0 Å². The Balaban J connectivity index is 1.84. The monoisotopic (exact) mass is 815 g/mol. The highest BCUT2D eigenvalue weighted by Gasteiger charge is 2.55. The van der Waals surface area contributed by atoms with Crippen LogP contribution in [0, 0.1) is 35.5 Å². The van der Waals surface area contributed by atoms with E-state index in [-0.39, 0.29) is 42.2 Å². The first-order valence-electron chi connectivity index (χ1n) is 21.5. The zero-order valence-electron chi connectivity index (χ0n) is 37.5. The summed E-state index contributed by atoms with van der Waals surface area (Å²) in [6, 6.07) is -0.147. The minimum absolute atomic E-state index is 0.0350. The van der Waals surface area contributed by atoms with Crippen molar-refractivity contribution in [2.45, 2.75) is 199 Å². The van der Waals surface area contributed by atoms with Crippen molar-refractivity contribution >= 4 is 12.1 Å². The van der Waals surface area contributed by atoms with Crippen LogP contribution < -0.4 is 5.32 Å². The normalized spacial score (nSPS) is 49.1. The SMILES string of the molecule is CC[C@H]1OC(=O)C(C)C(OC2CC(C)(OC)C(OC(=O)NC)C(C)O2)C(C)C(OC2CC(C)CC(N(C)C)C2O)C(C)(O)CC(C)[C@@H]2CC(C)OC(C2C)C1(C)O. The van der Waals surface area contributed by atoms with Gasteiger partial charge < -0.3 is 58.7 Å². The molecule has 0 radical (unpaired) electrons. The van der Waals surface area contributed by atoms with Gasteiger partial charge in [-0.2, -0.15) is 0 Å². The molecule has 0 aromatic rings. The number of aliphatic hydroxyl groups excluding tert-OH is 1. The number of alkyl carbamates (subject to hydrolysis) is 1. The number of likely N-dealkylation sites (N-methyl/N-ethyl adjacent to an activating group) is 1. The lowest BCUT2D eigenvalue weighted by Gasteiger charge is -2.52. The maximum Gasteiger partial charge on any atom is 0.407 e. The van der Waals surface area contributed by atoms with Gasteiger partial charge in [-0.05, 0) is 111 Å². The lowest BCUT2D eigenvalue weighted by atomic mass is 9.67. The van der Waals surface area contributed by atoms with Crippen LogP contribution in [0.1, 0.15) is 115 Å². The highest BCUT2D eigenvalue weighted by atomic mass is 16.7. The van der Waals surface area contributed by atoms with E-state index in [0.29, 0.717) is 19.3 Å². The molecule has 57 heavy (non-hydrogen) atoms. The molecule has 332 valence electrons. The highest BCUT2D eigenvalue weighted by Crippen LogP contribution is 2.46. The third-order valence-electron chi connectivity index (χ3n) is 14.2. The number of carbonyl (C=O) groups is 2. The van der Waals surface area contributed by atoms with Crippen LogP contribution >= 0.6 is 0 Å². The van der Waals surface area contributed by atoms with Gasteiger partial charge in [0.2, 0.25) is 0 Å². The maximum absolute atomic E-state index is 14.5. The van der Waals surface area contributed by atoms with Crippen LogP contribution in [0.3, 0.4) is 0 Å². The zero-order valence-corrected chi connectivity index (χ0v) is 37.5. The van der Waals surface area contributed by atoms with Crippen LogP contribution in [0.25, 0.3) is 0 Å². The van der Waals surface area contributed by atoms with Gasteiger partial charge in [-0.3, -0.25) is 4.79 Å². The number of methoxy groups -OCH3 is 1. The zero-order chi connectivity index (χ0) is 42.9. The van der Waals surface area contributed by atoms with Crippen molar-refractivity contribution in [2.75, 3.05) is 28.3 Å². The Hall–Kier alpha value is -1.62. The molecule has 0 aromatic carbocycles. The second-order valence-corrected chi connectivity index (χ2v) is 19.2. The van der Waals surface area contributed by atoms with Crippen LogP contribution in [0.5, 0.6) is 0 Å². The number of carbonyl (C=O) groups excluding carboxylic acids is 2. The Bertz CT molecular complexity index is 1330. The lowest BCUT2D eigenvalue weighted by Crippen LogP contribution is -2.62. The van der Waals surface area contributed by atoms with E-state index in [2.05, 4.69) is 26.1 Å². The summed E-state index contributed by atoms with van der Waals surface area (Å²) in [6.07, 6.45) is -5.02. The molecule has 3 aliphatic heterocycles. The number of amides is 1. The summed E-state index contributed by atoms with van der Waals surface area (Å²) in [5, 5.41) is 39.4. The molecule has 20 atom stereocenters. The van der Waals surface area contributed by atoms with Crippen LogP contribution in [0.4, 0.5) is 4.79 Å². The number of nitrogens with zero attached hydrogens (tertiary/aromatic N) is 1. The molecule has 0 spiro atoms. The summed E-state index contributed by atoms with van der Waals surface area (Å²) < 4.78 is 44.8. The van der Waals surface area contributed by atoms with E-state index in [9.17, 15) is 24.9 Å². The second kappa shape index (κ2) is 19.0. The Morgan fingerprint density at radius 3 is 2.16 bits per heavy atom. The predicted octanol–water partition coefficient (Wildman–Crippen LogP) is 4.68. The number of hydrogen-bond acceptors (Lipinski definition) is 13. The largest absolute Gasteiger partial charge is 0.459 e. The maximum atomic E-state index is 14.5. The topological polar surface area (TPSA) is 175 Å². The van der Waals surface area contributed by atoms with Crippen molar-refractivity contribution in [3.8, 4) is 0 Å². The molecule has 4 N–H and O–H groups in total. The molecule has 3 heterocycles. The first-order valence-corrected chi connectivity index (χ1v) is 21.5. The Morgan fingerprint density at radius 2 is 1.58 bits per heavy atom. The third kappa shape index (κ3) is 10.5. The van der Waals surface area contributed by atoms with Gasteiger partial charge in [0.15, 0.2) is 12.4 Å². The van der Waals surface area contributed by atoms with Gasteiger partial charge in [0.25, 0.3) is 0 Å². The van der Waals surface area contributed by atoms with Crippen molar-refractivity contribution in [1.82, 2.24) is 10.2 Å². The first-order chi connectivity index (χ1) is 26.4. The summed E-state index contributed by atoms with van der Waals surface area (Å²) in [4.78, 5) is 28.9. The number of rotatable bonds is 8. The minimum Gasteiger partial charge on any atom is -0.459 e. The molecule has 2 bridgehead atoms. The van der Waals surface area contributed by atoms with Gasteiger partial charge >= 0.3 is 12.1 Å². The third-order valence-corrected chi connectivity index (χ3v) is 14.2. The molecular formula is C43H78N2O12. The van der Waals surface area contributed by atoms with Crippen LogP contribution in [0.15, 0.2) is 0 Å². The van der Waals surface area contributed by atoms with Gasteiger partial charge in [0, 0.05) is 32.5 Å². The molecule has 14 nitrogen and oxygen atoms in total. The molecule has 4 rings (SSSR count). The fraction of sp³-hybridized carbons (Fsp3) is 0.953. The molecular weight excluding hydrogens is 736 g/mol. The predicted molar refractivity (Wildman–Crippen MR) is 214 cm³/mol. The van der Waals surface area contributed by atoms with Gasteiger partial charge in [-0.25, -0.2) is 4.79 Å². The summed E-state index contributed by atoms with van der Waals surface area (Å²) in [5.41, 5.74) is -4.02. The quantitative estimate of drug-likeness (QED) is 0.249. The molecule has 1 saturated carbocycles. The summed E-state index contributed by atoms with van der Waals surface area (Å²) in [7, 11) is 6.93. The van der Waals surface area contributed by atoms with E-state index in [1.807, 2.05) is 46.7 Å². The number of hydrogen-bond donors (Lipinski definition) is 4. The molecule has 4 fully saturated rings. The summed E-state index contributed by atoms with van der Waals surface area (Å²) >= 11 is 0. The lowest BCUT2D eigenvalue weighted by molar-refractivity contribution is -0.302. The average Bonchev–Trinajstić information content (AvgIpc) is 3.13. The highest BCUT2D eigenvalue weighted by molar-refractivity contribution is 5.73. The van der Waals surface area contributed by atoms with Crippen molar-refractivity contribution in [2.24, 2.45) is 35.5 Å². The van der Waals surface area contributed by atoms with Crippen molar-refractivity contribution < 1.29 is 58.1 Å². The standard InChI is InChI=1S/C43H78N2O12/c1-16-32-43(11,50)37-25(5)29(19-24(4)52-37)23(3)20-41(9,49)36(54-31-18-22(2)17-30(34(31)46)45(13)14)26(6)35(27(7)39(47)55-32)56-33-21-42(10,51-15)38(28(8)53-33)57-40(48)44-12/h22-38,46,49-50H,16-21H2,1-15H3,(H,44,48)/t22?,23?,24?,25?,26?,27?,28?,29-,30?,31?,32+,33?,34?,35?,36?,37?,38?,41?,42?,43?/m0/s1. The fourth-order valence-corrected chi connectivity index (χ4v) is 10.9. The number of fused-ring (bicyclic) bond motifs is 2. The smallest absolute Gasteiger partial charge is 0.407 e.